The maximum Gasteiger partial charge on any atom is 0.282 e. The summed E-state index contributed by atoms with van der Waals surface area (Å²) in [7, 11) is 0. The molecule has 5 heteroatoms. The van der Waals surface area contributed by atoms with Crippen molar-refractivity contribution in [2.24, 2.45) is 17.8 Å². The maximum absolute atomic E-state index is 12.9. The summed E-state index contributed by atoms with van der Waals surface area (Å²) in [6.07, 6.45) is 8.32. The zero-order valence-corrected chi connectivity index (χ0v) is 17.0. The van der Waals surface area contributed by atoms with E-state index >= 15 is 0 Å². The Morgan fingerprint density at radius 3 is 2.21 bits per heavy atom. The minimum absolute atomic E-state index is 0.0323. The molecule has 5 nitrogen and oxygen atoms in total. The first-order valence-electron chi connectivity index (χ1n) is 11.2. The molecule has 0 spiro atoms. The Morgan fingerprint density at radius 1 is 1.07 bits per heavy atom. The smallest absolute Gasteiger partial charge is 0.282 e. The zero-order valence-electron chi connectivity index (χ0n) is 17.0. The number of morpholine rings is 1. The standard InChI is InChI=1S/C23H33N3O2/c1-16(25-23-13-17-10-18(14-23)12-19(11-17)15-23)22(27)24-20-2-4-21(5-3-20)26-6-8-28-9-7-26/h2-5,16-19,25H,6-15H2,1H3,(H,24,27)/p+1/t16-,17?,18?,19?,23?/m1/s1. The molecule has 5 fully saturated rings. The molecule has 152 valence electrons. The molecule has 1 heterocycles. The van der Waals surface area contributed by atoms with Gasteiger partial charge in [-0.3, -0.25) is 4.79 Å². The number of amides is 1. The fourth-order valence-electron chi connectivity index (χ4n) is 6.82. The summed E-state index contributed by atoms with van der Waals surface area (Å²) in [5, 5.41) is 5.57. The molecule has 28 heavy (non-hydrogen) atoms. The van der Waals surface area contributed by atoms with E-state index in [9.17, 15) is 4.79 Å². The minimum Gasteiger partial charge on any atom is -0.378 e. The lowest BCUT2D eigenvalue weighted by atomic mass is 9.53. The van der Waals surface area contributed by atoms with Gasteiger partial charge in [0, 0.05) is 43.7 Å². The van der Waals surface area contributed by atoms with Gasteiger partial charge >= 0.3 is 0 Å². The highest BCUT2D eigenvalue weighted by Crippen LogP contribution is 2.54. The third kappa shape index (κ3) is 3.67. The zero-order chi connectivity index (χ0) is 19.1. The van der Waals surface area contributed by atoms with E-state index in [2.05, 4.69) is 34.6 Å². The van der Waals surface area contributed by atoms with Crippen LogP contribution in [-0.4, -0.2) is 43.8 Å². The van der Waals surface area contributed by atoms with E-state index in [-0.39, 0.29) is 11.9 Å². The van der Waals surface area contributed by atoms with Crippen molar-refractivity contribution >= 4 is 17.3 Å². The molecule has 0 unspecified atom stereocenters. The van der Waals surface area contributed by atoms with E-state index in [4.69, 9.17) is 4.74 Å². The number of quaternary nitrogens is 1. The second-order valence-electron chi connectivity index (χ2n) is 9.87. The third-order valence-electron chi connectivity index (χ3n) is 7.61. The number of hydrogen-bond donors (Lipinski definition) is 2. The van der Waals surface area contributed by atoms with Crippen LogP contribution < -0.4 is 15.5 Å². The van der Waals surface area contributed by atoms with Crippen molar-refractivity contribution in [2.45, 2.75) is 57.0 Å². The number of carbonyl (C=O) groups excluding carboxylic acids is 1. The molecule has 4 saturated carbocycles. The molecular formula is C23H34N3O2+. The Balaban J connectivity index is 1.18. The van der Waals surface area contributed by atoms with Gasteiger partial charge in [0.2, 0.25) is 0 Å². The Morgan fingerprint density at radius 2 is 1.64 bits per heavy atom. The molecule has 6 rings (SSSR count). The van der Waals surface area contributed by atoms with Crippen LogP contribution in [0.15, 0.2) is 24.3 Å². The van der Waals surface area contributed by atoms with Crippen molar-refractivity contribution in [2.75, 3.05) is 36.5 Å². The van der Waals surface area contributed by atoms with Crippen molar-refractivity contribution < 1.29 is 14.8 Å². The monoisotopic (exact) mass is 384 g/mol. The average Bonchev–Trinajstić information content (AvgIpc) is 2.68. The quantitative estimate of drug-likeness (QED) is 0.820. The summed E-state index contributed by atoms with van der Waals surface area (Å²) in [6, 6.07) is 8.23. The second kappa shape index (κ2) is 7.34. The summed E-state index contributed by atoms with van der Waals surface area (Å²) >= 11 is 0. The molecule has 5 aliphatic rings. The predicted octanol–water partition coefficient (Wildman–Crippen LogP) is 2.38. The Labute approximate surface area is 168 Å². The highest BCUT2D eigenvalue weighted by Gasteiger charge is 2.54. The van der Waals surface area contributed by atoms with Crippen molar-refractivity contribution in [3.05, 3.63) is 24.3 Å². The van der Waals surface area contributed by atoms with E-state index in [0.29, 0.717) is 5.54 Å². The Kier molecular flexibility index (Phi) is 4.84. The number of benzene rings is 1. The van der Waals surface area contributed by atoms with E-state index in [1.165, 1.54) is 44.2 Å². The van der Waals surface area contributed by atoms with Crippen LogP contribution in [0.3, 0.4) is 0 Å². The van der Waals surface area contributed by atoms with Gasteiger partial charge in [0.1, 0.15) is 0 Å². The molecule has 3 N–H and O–H groups in total. The normalized spacial score (nSPS) is 35.0. The Hall–Kier alpha value is -1.59. The highest BCUT2D eigenvalue weighted by molar-refractivity contribution is 5.93. The first-order valence-corrected chi connectivity index (χ1v) is 11.2. The number of nitrogens with one attached hydrogen (secondary N) is 1. The van der Waals surface area contributed by atoms with Crippen LogP contribution in [0.2, 0.25) is 0 Å². The summed E-state index contributed by atoms with van der Waals surface area (Å²) in [5.41, 5.74) is 2.44. The van der Waals surface area contributed by atoms with Gasteiger partial charge in [-0.2, -0.15) is 0 Å². The minimum atomic E-state index is -0.0323. The van der Waals surface area contributed by atoms with Crippen LogP contribution in [0.5, 0.6) is 0 Å². The van der Waals surface area contributed by atoms with Gasteiger partial charge in [0.25, 0.3) is 5.91 Å². The lowest BCUT2D eigenvalue weighted by molar-refractivity contribution is -0.754. The molecule has 4 aliphatic carbocycles. The lowest BCUT2D eigenvalue weighted by Crippen LogP contribution is -3.03. The molecule has 4 bridgehead atoms. The van der Waals surface area contributed by atoms with E-state index in [1.54, 1.807) is 0 Å². The van der Waals surface area contributed by atoms with Gasteiger partial charge in [0.15, 0.2) is 6.04 Å². The van der Waals surface area contributed by atoms with Crippen LogP contribution in [0, 0.1) is 17.8 Å². The first kappa shape index (κ1) is 18.4. The second-order valence-corrected chi connectivity index (χ2v) is 9.87. The molecule has 0 radical (unpaired) electrons. The molecule has 1 aliphatic heterocycles. The largest absolute Gasteiger partial charge is 0.378 e. The van der Waals surface area contributed by atoms with Crippen molar-refractivity contribution in [3.63, 3.8) is 0 Å². The highest BCUT2D eigenvalue weighted by atomic mass is 16.5. The van der Waals surface area contributed by atoms with Gasteiger partial charge in [-0.25, -0.2) is 0 Å². The van der Waals surface area contributed by atoms with Crippen molar-refractivity contribution in [1.82, 2.24) is 0 Å². The van der Waals surface area contributed by atoms with Gasteiger partial charge < -0.3 is 20.3 Å². The molecule has 0 aromatic heterocycles. The lowest BCUT2D eigenvalue weighted by Gasteiger charge is -2.55. The number of anilines is 2. The Bertz CT molecular complexity index is 676. The summed E-state index contributed by atoms with van der Waals surface area (Å²) in [4.78, 5) is 15.2. The average molecular weight is 385 g/mol. The number of nitrogens with zero attached hydrogens (tertiary/aromatic N) is 1. The molecule has 1 atom stereocenters. The number of nitrogens with two attached hydrogens (primary N) is 1. The summed E-state index contributed by atoms with van der Waals surface area (Å²) in [6.45, 7) is 5.52. The molecule has 1 aromatic carbocycles. The van der Waals surface area contributed by atoms with Gasteiger partial charge in [0.05, 0.1) is 18.8 Å². The van der Waals surface area contributed by atoms with Gasteiger partial charge in [-0.1, -0.05) is 0 Å². The molecule has 1 aromatic rings. The van der Waals surface area contributed by atoms with Crippen LogP contribution in [0.1, 0.15) is 45.4 Å². The van der Waals surface area contributed by atoms with Crippen LogP contribution in [0.4, 0.5) is 11.4 Å². The van der Waals surface area contributed by atoms with Crippen molar-refractivity contribution in [1.29, 1.82) is 0 Å². The number of ether oxygens (including phenoxy) is 1. The summed E-state index contributed by atoms with van der Waals surface area (Å²) in [5.74, 6) is 2.90. The van der Waals surface area contributed by atoms with Gasteiger partial charge in [-0.15, -0.1) is 0 Å². The SMILES string of the molecule is C[C@@H]([NH2+]C12CC3CC(CC(C3)C1)C2)C(=O)Nc1ccc(N2CCOCC2)cc1. The third-order valence-corrected chi connectivity index (χ3v) is 7.61. The topological polar surface area (TPSA) is 58.2 Å². The van der Waals surface area contributed by atoms with Crippen LogP contribution >= 0.6 is 0 Å². The summed E-state index contributed by atoms with van der Waals surface area (Å²) < 4.78 is 5.42. The molecule has 1 amide bonds. The number of rotatable bonds is 5. The number of hydrogen-bond acceptors (Lipinski definition) is 3. The fourth-order valence-corrected chi connectivity index (χ4v) is 6.82. The number of carbonyl (C=O) groups is 1. The van der Waals surface area contributed by atoms with Crippen LogP contribution in [0.25, 0.3) is 0 Å². The van der Waals surface area contributed by atoms with Crippen LogP contribution in [-0.2, 0) is 9.53 Å². The first-order chi connectivity index (χ1) is 13.6. The van der Waals surface area contributed by atoms with E-state index < -0.39 is 0 Å². The predicted molar refractivity (Wildman–Crippen MR) is 110 cm³/mol. The fraction of sp³-hybridized carbons (Fsp3) is 0.696. The maximum atomic E-state index is 12.9. The van der Waals surface area contributed by atoms with E-state index in [1.807, 2.05) is 12.1 Å². The van der Waals surface area contributed by atoms with Crippen molar-refractivity contribution in [3.8, 4) is 0 Å². The molecular weight excluding hydrogens is 350 g/mol. The van der Waals surface area contributed by atoms with E-state index in [0.717, 1.165) is 49.7 Å². The molecule has 1 saturated heterocycles. The van der Waals surface area contributed by atoms with Gasteiger partial charge in [-0.05, 0) is 68.2 Å².